The zero-order valence-electron chi connectivity index (χ0n) is 17.3. The number of benzene rings is 3. The molecule has 7 heteroatoms. The van der Waals surface area contributed by atoms with Crippen LogP contribution in [0.1, 0.15) is 15.9 Å². The third-order valence-corrected chi connectivity index (χ3v) is 5.08. The summed E-state index contributed by atoms with van der Waals surface area (Å²) in [6, 6.07) is 17.2. The second-order valence-electron chi connectivity index (χ2n) is 6.97. The number of nitrogens with zero attached hydrogens (tertiary/aromatic N) is 2. The first kappa shape index (κ1) is 20.4. The topological polar surface area (TPSA) is 65.4 Å². The lowest BCUT2D eigenvalue weighted by Gasteiger charge is -2.10. The molecular weight excluding hydrogens is 397 g/mol. The number of carbonyl (C=O) groups is 1. The molecule has 0 aliphatic rings. The van der Waals surface area contributed by atoms with E-state index in [1.807, 2.05) is 30.3 Å². The van der Waals surface area contributed by atoms with Crippen molar-refractivity contribution in [1.29, 1.82) is 0 Å². The molecule has 6 nitrogen and oxygen atoms in total. The van der Waals surface area contributed by atoms with Crippen molar-refractivity contribution in [2.45, 2.75) is 6.42 Å². The number of methoxy groups -OCH3 is 2. The van der Waals surface area contributed by atoms with E-state index >= 15 is 0 Å². The van der Waals surface area contributed by atoms with Crippen LogP contribution in [0, 0.1) is 5.82 Å². The molecule has 0 aliphatic heterocycles. The van der Waals surface area contributed by atoms with Crippen molar-refractivity contribution < 1.29 is 18.7 Å². The van der Waals surface area contributed by atoms with Crippen molar-refractivity contribution in [1.82, 2.24) is 15.1 Å². The SMILES string of the molecule is COc1ccc(CCNC(=O)c2cccc3c2cnn3-c2ccc(F)cc2)cc1OC. The number of nitrogens with one attached hydrogen (secondary N) is 1. The summed E-state index contributed by atoms with van der Waals surface area (Å²) in [5.74, 6) is 0.837. The van der Waals surface area contributed by atoms with Crippen molar-refractivity contribution in [3.05, 3.63) is 83.8 Å². The lowest BCUT2D eigenvalue weighted by atomic mass is 10.1. The first-order chi connectivity index (χ1) is 15.1. The van der Waals surface area contributed by atoms with Gasteiger partial charge in [0.15, 0.2) is 11.5 Å². The Hall–Kier alpha value is -3.87. The molecule has 0 saturated heterocycles. The van der Waals surface area contributed by atoms with E-state index in [1.54, 1.807) is 43.3 Å². The number of rotatable bonds is 7. The molecular formula is C24H22FN3O3. The fraction of sp³-hybridized carbons (Fsp3) is 0.167. The molecule has 0 radical (unpaired) electrons. The van der Waals surface area contributed by atoms with Crippen LogP contribution in [0.2, 0.25) is 0 Å². The predicted molar refractivity (Wildman–Crippen MR) is 117 cm³/mol. The molecule has 158 valence electrons. The van der Waals surface area contributed by atoms with Crippen LogP contribution in [0.3, 0.4) is 0 Å². The molecule has 1 N–H and O–H groups in total. The van der Waals surface area contributed by atoms with Gasteiger partial charge in [0, 0.05) is 11.9 Å². The Bertz CT molecular complexity index is 1220. The van der Waals surface area contributed by atoms with E-state index in [-0.39, 0.29) is 11.7 Å². The van der Waals surface area contributed by atoms with E-state index in [0.717, 1.165) is 22.2 Å². The summed E-state index contributed by atoms with van der Waals surface area (Å²) in [6.07, 6.45) is 2.30. The Labute approximate surface area is 179 Å². The fourth-order valence-corrected chi connectivity index (χ4v) is 3.49. The largest absolute Gasteiger partial charge is 0.493 e. The van der Waals surface area contributed by atoms with Gasteiger partial charge in [-0.25, -0.2) is 9.07 Å². The van der Waals surface area contributed by atoms with Gasteiger partial charge in [0.1, 0.15) is 5.82 Å². The monoisotopic (exact) mass is 419 g/mol. The highest BCUT2D eigenvalue weighted by atomic mass is 19.1. The van der Waals surface area contributed by atoms with Crippen LogP contribution in [-0.2, 0) is 6.42 Å². The summed E-state index contributed by atoms with van der Waals surface area (Å²) in [5.41, 5.74) is 3.07. The van der Waals surface area contributed by atoms with Crippen LogP contribution in [0.5, 0.6) is 11.5 Å². The standard InChI is InChI=1S/C24H22FN3O3/c1-30-22-11-6-16(14-23(22)31-2)12-13-26-24(29)19-4-3-5-21-20(19)15-27-28(21)18-9-7-17(25)8-10-18/h3-11,14-15H,12-13H2,1-2H3,(H,26,29). The van der Waals surface area contributed by atoms with Crippen molar-refractivity contribution in [3.8, 4) is 17.2 Å². The number of amides is 1. The minimum atomic E-state index is -0.310. The van der Waals surface area contributed by atoms with E-state index in [9.17, 15) is 9.18 Å². The van der Waals surface area contributed by atoms with Gasteiger partial charge in [-0.15, -0.1) is 0 Å². The molecule has 31 heavy (non-hydrogen) atoms. The van der Waals surface area contributed by atoms with E-state index in [4.69, 9.17) is 9.47 Å². The van der Waals surface area contributed by atoms with Crippen molar-refractivity contribution in [2.24, 2.45) is 0 Å². The second kappa shape index (κ2) is 8.87. The lowest BCUT2D eigenvalue weighted by Crippen LogP contribution is -2.25. The van der Waals surface area contributed by atoms with Crippen molar-refractivity contribution in [3.63, 3.8) is 0 Å². The molecule has 0 aliphatic carbocycles. The van der Waals surface area contributed by atoms with Gasteiger partial charge in [-0.1, -0.05) is 12.1 Å². The van der Waals surface area contributed by atoms with Gasteiger partial charge in [0.2, 0.25) is 0 Å². The maximum absolute atomic E-state index is 13.2. The fourth-order valence-electron chi connectivity index (χ4n) is 3.49. The third kappa shape index (κ3) is 4.21. The Morgan fingerprint density at radius 2 is 1.81 bits per heavy atom. The zero-order chi connectivity index (χ0) is 21.8. The summed E-state index contributed by atoms with van der Waals surface area (Å²) < 4.78 is 25.5. The number of halogens is 1. The zero-order valence-corrected chi connectivity index (χ0v) is 17.3. The highest BCUT2D eigenvalue weighted by molar-refractivity contribution is 6.06. The number of fused-ring (bicyclic) bond motifs is 1. The average Bonchev–Trinajstić information content (AvgIpc) is 3.23. The molecule has 0 fully saturated rings. The van der Waals surface area contributed by atoms with Gasteiger partial charge < -0.3 is 14.8 Å². The lowest BCUT2D eigenvalue weighted by molar-refractivity contribution is 0.0956. The maximum atomic E-state index is 13.2. The summed E-state index contributed by atoms with van der Waals surface area (Å²) in [6.45, 7) is 0.469. The molecule has 0 bridgehead atoms. The molecule has 0 saturated carbocycles. The smallest absolute Gasteiger partial charge is 0.252 e. The minimum Gasteiger partial charge on any atom is -0.493 e. The maximum Gasteiger partial charge on any atom is 0.252 e. The summed E-state index contributed by atoms with van der Waals surface area (Å²) in [7, 11) is 3.19. The molecule has 0 unspecified atom stereocenters. The van der Waals surface area contributed by atoms with Gasteiger partial charge in [0.25, 0.3) is 5.91 Å². The quantitative estimate of drug-likeness (QED) is 0.489. The average molecular weight is 419 g/mol. The van der Waals surface area contributed by atoms with Gasteiger partial charge in [0.05, 0.1) is 37.2 Å². The van der Waals surface area contributed by atoms with E-state index in [0.29, 0.717) is 30.0 Å². The number of ether oxygens (including phenoxy) is 2. The second-order valence-corrected chi connectivity index (χ2v) is 6.97. The van der Waals surface area contributed by atoms with Crippen LogP contribution in [0.15, 0.2) is 66.9 Å². The predicted octanol–water partition coefficient (Wildman–Crippen LogP) is 4.15. The van der Waals surface area contributed by atoms with Crippen LogP contribution in [0.25, 0.3) is 16.6 Å². The first-order valence-corrected chi connectivity index (χ1v) is 9.82. The van der Waals surface area contributed by atoms with E-state index in [2.05, 4.69) is 10.4 Å². The number of hydrogen-bond donors (Lipinski definition) is 1. The first-order valence-electron chi connectivity index (χ1n) is 9.82. The van der Waals surface area contributed by atoms with Gasteiger partial charge >= 0.3 is 0 Å². The summed E-state index contributed by atoms with van der Waals surface area (Å²) >= 11 is 0. The number of aromatic nitrogens is 2. The molecule has 1 aromatic heterocycles. The van der Waals surface area contributed by atoms with Crippen molar-refractivity contribution >= 4 is 16.8 Å². The molecule has 0 spiro atoms. The Kier molecular flexibility index (Phi) is 5.84. The molecule has 4 aromatic rings. The van der Waals surface area contributed by atoms with Gasteiger partial charge in [-0.3, -0.25) is 4.79 Å². The van der Waals surface area contributed by atoms with Gasteiger partial charge in [-0.05, 0) is 60.5 Å². The summed E-state index contributed by atoms with van der Waals surface area (Å²) in [5, 5.41) is 8.09. The van der Waals surface area contributed by atoms with E-state index < -0.39 is 0 Å². The normalized spacial score (nSPS) is 10.8. The molecule has 3 aromatic carbocycles. The number of hydrogen-bond acceptors (Lipinski definition) is 4. The van der Waals surface area contributed by atoms with E-state index in [1.165, 1.54) is 12.1 Å². The molecule has 0 atom stereocenters. The Balaban J connectivity index is 1.49. The highest BCUT2D eigenvalue weighted by Crippen LogP contribution is 2.27. The molecule has 1 heterocycles. The van der Waals surface area contributed by atoms with Crippen LogP contribution >= 0.6 is 0 Å². The highest BCUT2D eigenvalue weighted by Gasteiger charge is 2.14. The Morgan fingerprint density at radius 1 is 1.03 bits per heavy atom. The van der Waals surface area contributed by atoms with Crippen LogP contribution in [-0.4, -0.2) is 36.5 Å². The molecule has 1 amide bonds. The van der Waals surface area contributed by atoms with Crippen LogP contribution < -0.4 is 14.8 Å². The Morgan fingerprint density at radius 3 is 2.55 bits per heavy atom. The molecule has 4 rings (SSSR count). The van der Waals surface area contributed by atoms with Gasteiger partial charge in [-0.2, -0.15) is 5.10 Å². The third-order valence-electron chi connectivity index (χ3n) is 5.08. The van der Waals surface area contributed by atoms with Crippen LogP contribution in [0.4, 0.5) is 4.39 Å². The minimum absolute atomic E-state index is 0.176. The summed E-state index contributed by atoms with van der Waals surface area (Å²) in [4.78, 5) is 12.8. The number of carbonyl (C=O) groups excluding carboxylic acids is 1. The van der Waals surface area contributed by atoms with Crippen molar-refractivity contribution in [2.75, 3.05) is 20.8 Å².